The smallest absolute Gasteiger partial charge is 0.109 e. The highest BCUT2D eigenvalue weighted by molar-refractivity contribution is 9.10. The molecule has 19 heavy (non-hydrogen) atoms. The molecule has 0 aliphatic rings. The standard InChI is InChI=1S/C14H19BrN4/c1-8-6-12(7-16-14(8)15)17-9(2)13-10(3)18-19(5)11(13)4/h6-7,9,17H,1-5H3. The number of nitrogens with zero attached hydrogens (tertiary/aromatic N) is 3. The minimum atomic E-state index is 0.205. The van der Waals surface area contributed by atoms with Gasteiger partial charge in [-0.3, -0.25) is 4.68 Å². The van der Waals surface area contributed by atoms with Crippen LogP contribution in [0.4, 0.5) is 5.69 Å². The summed E-state index contributed by atoms with van der Waals surface area (Å²) >= 11 is 3.41. The maximum Gasteiger partial charge on any atom is 0.109 e. The largest absolute Gasteiger partial charge is 0.377 e. The van der Waals surface area contributed by atoms with E-state index in [0.29, 0.717) is 0 Å². The molecule has 102 valence electrons. The molecule has 0 aromatic carbocycles. The first-order valence-corrected chi connectivity index (χ1v) is 7.08. The van der Waals surface area contributed by atoms with Gasteiger partial charge < -0.3 is 5.32 Å². The zero-order valence-electron chi connectivity index (χ0n) is 12.0. The third-order valence-corrected chi connectivity index (χ3v) is 4.23. The second-order valence-electron chi connectivity index (χ2n) is 4.91. The van der Waals surface area contributed by atoms with E-state index in [0.717, 1.165) is 21.5 Å². The first kappa shape index (κ1) is 14.1. The molecule has 0 amide bonds. The molecule has 2 rings (SSSR count). The summed E-state index contributed by atoms with van der Waals surface area (Å²) in [5, 5.41) is 7.94. The van der Waals surface area contributed by atoms with Crippen LogP contribution >= 0.6 is 15.9 Å². The molecular weight excluding hydrogens is 304 g/mol. The van der Waals surface area contributed by atoms with Crippen LogP contribution in [0.15, 0.2) is 16.9 Å². The van der Waals surface area contributed by atoms with Gasteiger partial charge in [-0.05, 0) is 55.3 Å². The van der Waals surface area contributed by atoms with Gasteiger partial charge >= 0.3 is 0 Å². The monoisotopic (exact) mass is 322 g/mol. The maximum atomic E-state index is 4.46. The topological polar surface area (TPSA) is 42.7 Å². The van der Waals surface area contributed by atoms with Crippen molar-refractivity contribution in [2.24, 2.45) is 7.05 Å². The molecule has 0 radical (unpaired) electrons. The highest BCUT2D eigenvalue weighted by Crippen LogP contribution is 2.25. The Bertz CT molecular complexity index is 604. The highest BCUT2D eigenvalue weighted by Gasteiger charge is 2.16. The lowest BCUT2D eigenvalue weighted by Gasteiger charge is -2.16. The molecule has 0 bridgehead atoms. The third kappa shape index (κ3) is 2.81. The Morgan fingerprint density at radius 3 is 2.53 bits per heavy atom. The first-order valence-electron chi connectivity index (χ1n) is 6.29. The molecule has 1 unspecified atom stereocenters. The van der Waals surface area contributed by atoms with Gasteiger partial charge in [0.25, 0.3) is 0 Å². The summed E-state index contributed by atoms with van der Waals surface area (Å²) in [6.07, 6.45) is 1.84. The van der Waals surface area contributed by atoms with Gasteiger partial charge in [0.05, 0.1) is 23.6 Å². The quantitative estimate of drug-likeness (QED) is 0.876. The van der Waals surface area contributed by atoms with Crippen LogP contribution in [0.5, 0.6) is 0 Å². The van der Waals surface area contributed by atoms with Gasteiger partial charge in [-0.15, -0.1) is 0 Å². The van der Waals surface area contributed by atoms with Crippen LogP contribution in [0, 0.1) is 20.8 Å². The number of hydrogen-bond acceptors (Lipinski definition) is 3. The van der Waals surface area contributed by atoms with Crippen molar-refractivity contribution in [1.29, 1.82) is 0 Å². The van der Waals surface area contributed by atoms with E-state index in [-0.39, 0.29) is 6.04 Å². The van der Waals surface area contributed by atoms with E-state index in [2.05, 4.69) is 51.2 Å². The van der Waals surface area contributed by atoms with Crippen LogP contribution in [0.1, 0.15) is 35.5 Å². The van der Waals surface area contributed by atoms with Crippen LogP contribution in [-0.2, 0) is 7.05 Å². The molecule has 0 aliphatic heterocycles. The molecule has 2 heterocycles. The van der Waals surface area contributed by atoms with Gasteiger partial charge in [0.1, 0.15) is 4.60 Å². The molecule has 2 aromatic heterocycles. The lowest BCUT2D eigenvalue weighted by Crippen LogP contribution is -2.09. The van der Waals surface area contributed by atoms with E-state index < -0.39 is 0 Å². The Morgan fingerprint density at radius 2 is 2.00 bits per heavy atom. The molecule has 1 N–H and O–H groups in total. The van der Waals surface area contributed by atoms with Crippen molar-refractivity contribution < 1.29 is 0 Å². The minimum Gasteiger partial charge on any atom is -0.377 e. The lowest BCUT2D eigenvalue weighted by molar-refractivity contribution is 0.728. The van der Waals surface area contributed by atoms with Crippen LogP contribution in [0.3, 0.4) is 0 Å². The number of halogens is 1. The number of aromatic nitrogens is 3. The van der Waals surface area contributed by atoms with E-state index >= 15 is 0 Å². The number of pyridine rings is 1. The second kappa shape index (κ2) is 5.33. The SMILES string of the molecule is Cc1cc(NC(C)c2c(C)nn(C)c2C)cnc1Br. The Balaban J connectivity index is 2.25. The molecule has 0 saturated carbocycles. The van der Waals surface area contributed by atoms with E-state index in [9.17, 15) is 0 Å². The number of hydrogen-bond donors (Lipinski definition) is 1. The predicted octanol–water partition coefficient (Wildman–Crippen LogP) is 3.68. The normalized spacial score (nSPS) is 12.5. The fraction of sp³-hybridized carbons (Fsp3) is 0.429. The second-order valence-corrected chi connectivity index (χ2v) is 5.66. The van der Waals surface area contributed by atoms with Gasteiger partial charge in [-0.25, -0.2) is 4.98 Å². The van der Waals surface area contributed by atoms with Gasteiger partial charge in [-0.1, -0.05) is 0 Å². The van der Waals surface area contributed by atoms with Crippen molar-refractivity contribution in [3.8, 4) is 0 Å². The average molecular weight is 323 g/mol. The van der Waals surface area contributed by atoms with Crippen molar-refractivity contribution in [2.75, 3.05) is 5.32 Å². The van der Waals surface area contributed by atoms with E-state index in [1.165, 1.54) is 11.3 Å². The van der Waals surface area contributed by atoms with Crippen molar-refractivity contribution in [3.63, 3.8) is 0 Å². The Hall–Kier alpha value is -1.36. The zero-order chi connectivity index (χ0) is 14.2. The summed E-state index contributed by atoms with van der Waals surface area (Å²) in [6, 6.07) is 2.30. The molecule has 0 fully saturated rings. The Morgan fingerprint density at radius 1 is 1.32 bits per heavy atom. The fourth-order valence-electron chi connectivity index (χ4n) is 2.38. The lowest BCUT2D eigenvalue weighted by atomic mass is 10.1. The van der Waals surface area contributed by atoms with Gasteiger partial charge in [0.2, 0.25) is 0 Å². The molecular formula is C14H19BrN4. The summed E-state index contributed by atoms with van der Waals surface area (Å²) in [4.78, 5) is 4.31. The third-order valence-electron chi connectivity index (χ3n) is 3.40. The summed E-state index contributed by atoms with van der Waals surface area (Å²) in [5.74, 6) is 0. The van der Waals surface area contributed by atoms with Crippen molar-refractivity contribution >= 4 is 21.6 Å². The van der Waals surface area contributed by atoms with E-state index in [1.54, 1.807) is 0 Å². The van der Waals surface area contributed by atoms with Gasteiger partial charge in [-0.2, -0.15) is 5.10 Å². The van der Waals surface area contributed by atoms with Gasteiger partial charge in [0, 0.05) is 18.3 Å². The highest BCUT2D eigenvalue weighted by atomic mass is 79.9. The number of anilines is 1. The summed E-state index contributed by atoms with van der Waals surface area (Å²) in [5.41, 5.74) is 5.66. The summed E-state index contributed by atoms with van der Waals surface area (Å²) in [6.45, 7) is 8.33. The van der Waals surface area contributed by atoms with Crippen LogP contribution in [0.2, 0.25) is 0 Å². The van der Waals surface area contributed by atoms with Crippen LogP contribution in [0.25, 0.3) is 0 Å². The number of nitrogens with one attached hydrogen (secondary N) is 1. The van der Waals surface area contributed by atoms with E-state index in [1.807, 2.05) is 31.8 Å². The molecule has 2 aromatic rings. The number of aryl methyl sites for hydroxylation is 3. The van der Waals surface area contributed by atoms with Crippen molar-refractivity contribution in [3.05, 3.63) is 39.4 Å². The van der Waals surface area contributed by atoms with Crippen LogP contribution < -0.4 is 5.32 Å². The fourth-order valence-corrected chi connectivity index (χ4v) is 2.59. The van der Waals surface area contributed by atoms with Crippen LogP contribution in [-0.4, -0.2) is 14.8 Å². The van der Waals surface area contributed by atoms with Gasteiger partial charge in [0.15, 0.2) is 0 Å². The maximum absolute atomic E-state index is 4.46. The van der Waals surface area contributed by atoms with Crippen molar-refractivity contribution in [1.82, 2.24) is 14.8 Å². The Labute approximate surface area is 122 Å². The minimum absolute atomic E-state index is 0.205. The molecule has 1 atom stereocenters. The van der Waals surface area contributed by atoms with E-state index in [4.69, 9.17) is 0 Å². The first-order chi connectivity index (χ1) is 8.90. The number of rotatable bonds is 3. The molecule has 4 nitrogen and oxygen atoms in total. The molecule has 0 spiro atoms. The average Bonchev–Trinajstić information content (AvgIpc) is 2.58. The summed E-state index contributed by atoms with van der Waals surface area (Å²) < 4.78 is 2.81. The molecule has 5 heteroatoms. The Kier molecular flexibility index (Phi) is 3.94. The zero-order valence-corrected chi connectivity index (χ0v) is 13.5. The predicted molar refractivity (Wildman–Crippen MR) is 81.4 cm³/mol. The summed E-state index contributed by atoms with van der Waals surface area (Å²) in [7, 11) is 1.98. The molecule has 0 saturated heterocycles. The molecule has 0 aliphatic carbocycles. The van der Waals surface area contributed by atoms with Crippen molar-refractivity contribution in [2.45, 2.75) is 33.7 Å².